The number of carbonyl (C=O) groups is 1. The molecule has 0 radical (unpaired) electrons. The molecule has 0 aliphatic heterocycles. The van der Waals surface area contributed by atoms with Gasteiger partial charge in [0.05, 0.1) is 12.6 Å². The summed E-state index contributed by atoms with van der Waals surface area (Å²) < 4.78 is 32.7. The van der Waals surface area contributed by atoms with E-state index >= 15 is 0 Å². The fourth-order valence-corrected chi connectivity index (χ4v) is 4.77. The van der Waals surface area contributed by atoms with Crippen LogP contribution >= 0.6 is 11.6 Å². The summed E-state index contributed by atoms with van der Waals surface area (Å²) in [6.07, 6.45) is 0.506. The van der Waals surface area contributed by atoms with Crippen LogP contribution in [0.2, 0.25) is 5.02 Å². The normalized spacial score (nSPS) is 12.3. The van der Waals surface area contributed by atoms with Gasteiger partial charge in [-0.25, -0.2) is 9.78 Å². The number of carbonyl (C=O) groups excluding carboxylic acids is 1. The monoisotopic (exact) mass is 572 g/mol. The number of halogens is 3. The molecule has 0 fully saturated rings. The molecular weight excluding hydrogens is 542 g/mol. The highest BCUT2D eigenvalue weighted by molar-refractivity contribution is 6.34. The quantitative estimate of drug-likeness (QED) is 0.279. The van der Waals surface area contributed by atoms with E-state index in [4.69, 9.17) is 17.3 Å². The third-order valence-corrected chi connectivity index (χ3v) is 6.79. The van der Waals surface area contributed by atoms with Crippen molar-refractivity contribution in [3.8, 4) is 5.88 Å². The third-order valence-electron chi connectivity index (χ3n) is 6.46. The van der Waals surface area contributed by atoms with Crippen LogP contribution in [-0.2, 0) is 6.54 Å². The van der Waals surface area contributed by atoms with Gasteiger partial charge in [0.25, 0.3) is 11.8 Å². The molecule has 0 bridgehead atoms. The number of nitrogens with zero attached hydrogens (tertiary/aromatic N) is 5. The first-order chi connectivity index (χ1) is 19.1. The molecule has 1 atom stereocenters. The Morgan fingerprint density at radius 1 is 1.12 bits per heavy atom. The lowest BCUT2D eigenvalue weighted by Gasteiger charge is -2.35. The van der Waals surface area contributed by atoms with Crippen LogP contribution in [0.15, 0.2) is 59.4 Å². The molecule has 2 N–H and O–H groups in total. The van der Waals surface area contributed by atoms with Gasteiger partial charge in [-0.15, -0.1) is 5.10 Å². The third kappa shape index (κ3) is 6.15. The highest BCUT2D eigenvalue weighted by Gasteiger charge is 2.34. The van der Waals surface area contributed by atoms with E-state index < -0.39 is 24.2 Å². The molecule has 2 heterocycles. The van der Waals surface area contributed by atoms with Gasteiger partial charge in [0.15, 0.2) is 5.65 Å². The number of aromatic nitrogens is 4. The number of hydrogen-bond acceptors (Lipinski definition) is 6. The predicted octanol–water partition coefficient (Wildman–Crippen LogP) is 4.69. The first-order valence-corrected chi connectivity index (χ1v) is 13.3. The number of rotatable bonds is 11. The lowest BCUT2D eigenvalue weighted by Crippen LogP contribution is -2.43. The van der Waals surface area contributed by atoms with Crippen LogP contribution in [0, 0.1) is 12.8 Å². The maximum atomic E-state index is 13.9. The van der Waals surface area contributed by atoms with E-state index in [1.807, 2.05) is 63.2 Å². The smallest absolute Gasteiger partial charge is 0.388 e. The Morgan fingerprint density at radius 3 is 2.40 bits per heavy atom. The van der Waals surface area contributed by atoms with Gasteiger partial charge in [-0.1, -0.05) is 73.5 Å². The number of ether oxygens (including phenoxy) is 1. The van der Waals surface area contributed by atoms with Crippen LogP contribution in [0.3, 0.4) is 0 Å². The number of benzene rings is 2. The number of alkyl halides is 2. The van der Waals surface area contributed by atoms with E-state index in [9.17, 15) is 18.4 Å². The molecule has 1 amide bonds. The molecule has 0 aliphatic carbocycles. The Morgan fingerprint density at radius 2 is 1.80 bits per heavy atom. The zero-order chi connectivity index (χ0) is 29.0. The summed E-state index contributed by atoms with van der Waals surface area (Å²) in [4.78, 5) is 34.1. The molecule has 0 spiro atoms. The number of aryl methyl sites for hydroxylation is 1. The lowest BCUT2D eigenvalue weighted by molar-refractivity contribution is -0.0529. The first kappa shape index (κ1) is 29.2. The van der Waals surface area contributed by atoms with Crippen LogP contribution in [0.5, 0.6) is 5.88 Å². The molecule has 212 valence electrons. The van der Waals surface area contributed by atoms with Gasteiger partial charge in [0.2, 0.25) is 0 Å². The highest BCUT2D eigenvalue weighted by atomic mass is 35.5. The van der Waals surface area contributed by atoms with Crippen molar-refractivity contribution in [1.82, 2.24) is 24.1 Å². The SMILES string of the molecule is Cc1ccc(C(=O)N(CCCN)[C@@H](c2nc3c(Cl)c(OC(F)F)nn3c(=O)n2Cc2ccccc2)C(C)C)cc1. The van der Waals surface area contributed by atoms with Crippen LogP contribution in [0.25, 0.3) is 5.65 Å². The van der Waals surface area contributed by atoms with Crippen LogP contribution < -0.4 is 16.2 Å². The molecule has 0 saturated carbocycles. The average molecular weight is 573 g/mol. The molecule has 0 aliphatic rings. The molecule has 2 aromatic heterocycles. The minimum absolute atomic E-state index is 0.0904. The van der Waals surface area contributed by atoms with Crippen LogP contribution in [-0.4, -0.2) is 49.7 Å². The van der Waals surface area contributed by atoms with Crippen molar-refractivity contribution >= 4 is 23.2 Å². The Balaban J connectivity index is 1.95. The molecule has 12 heteroatoms. The molecule has 0 unspecified atom stereocenters. The van der Waals surface area contributed by atoms with E-state index in [2.05, 4.69) is 14.8 Å². The van der Waals surface area contributed by atoms with Gasteiger partial charge in [-0.2, -0.15) is 13.3 Å². The molecule has 4 aromatic rings. The van der Waals surface area contributed by atoms with Gasteiger partial charge >= 0.3 is 12.3 Å². The van der Waals surface area contributed by atoms with E-state index in [0.29, 0.717) is 25.1 Å². The number of fused-ring (bicyclic) bond motifs is 1. The average Bonchev–Trinajstić information content (AvgIpc) is 3.23. The summed E-state index contributed by atoms with van der Waals surface area (Å²) in [6.45, 7) is 3.28. The van der Waals surface area contributed by atoms with E-state index in [1.165, 1.54) is 4.57 Å². The summed E-state index contributed by atoms with van der Waals surface area (Å²) in [6, 6.07) is 15.7. The number of hydrogen-bond donors (Lipinski definition) is 1. The van der Waals surface area contributed by atoms with Gasteiger partial charge in [-0.05, 0) is 43.5 Å². The Kier molecular flexibility index (Phi) is 9.16. The van der Waals surface area contributed by atoms with Crippen LogP contribution in [0.4, 0.5) is 8.78 Å². The molecule has 0 saturated heterocycles. The Hall–Kier alpha value is -3.83. The summed E-state index contributed by atoms with van der Waals surface area (Å²) >= 11 is 6.33. The van der Waals surface area contributed by atoms with Crippen molar-refractivity contribution in [3.63, 3.8) is 0 Å². The van der Waals surface area contributed by atoms with E-state index in [-0.39, 0.29) is 34.9 Å². The van der Waals surface area contributed by atoms with Gasteiger partial charge in [0, 0.05) is 12.1 Å². The zero-order valence-corrected chi connectivity index (χ0v) is 23.2. The van der Waals surface area contributed by atoms with Gasteiger partial charge in [-0.3, -0.25) is 9.36 Å². The van der Waals surface area contributed by atoms with E-state index in [0.717, 1.165) is 15.6 Å². The molecule has 4 rings (SSSR count). The lowest BCUT2D eigenvalue weighted by atomic mass is 9.99. The Labute approximate surface area is 235 Å². The van der Waals surface area contributed by atoms with Crippen molar-refractivity contribution in [3.05, 3.63) is 92.6 Å². The maximum Gasteiger partial charge on any atom is 0.388 e. The van der Waals surface area contributed by atoms with E-state index in [1.54, 1.807) is 17.0 Å². The van der Waals surface area contributed by atoms with Gasteiger partial charge in [0.1, 0.15) is 10.8 Å². The summed E-state index contributed by atoms with van der Waals surface area (Å²) in [5, 5.41) is 3.55. The zero-order valence-electron chi connectivity index (χ0n) is 22.4. The number of amides is 1. The predicted molar refractivity (Wildman–Crippen MR) is 148 cm³/mol. The second-order valence-corrected chi connectivity index (χ2v) is 10.1. The number of nitrogens with two attached hydrogens (primary N) is 1. The second kappa shape index (κ2) is 12.6. The first-order valence-electron chi connectivity index (χ1n) is 12.9. The van der Waals surface area contributed by atoms with Crippen molar-refractivity contribution in [2.75, 3.05) is 13.1 Å². The van der Waals surface area contributed by atoms with Gasteiger partial charge < -0.3 is 15.4 Å². The van der Waals surface area contributed by atoms with Crippen molar-refractivity contribution in [2.24, 2.45) is 11.7 Å². The standard InChI is InChI=1S/C28H31ClF2N6O3/c1-17(2)22(35(15-7-14-32)26(38)20-12-10-18(3)11-13-20)24-33-23-21(29)25(40-27(30)31)34-37(23)28(39)36(24)16-19-8-5-4-6-9-19/h4-6,8-13,17,22,27H,7,14-16,32H2,1-3H3/t22-/m1/s1. The largest absolute Gasteiger partial charge is 0.414 e. The molecule has 2 aromatic carbocycles. The maximum absolute atomic E-state index is 13.9. The minimum Gasteiger partial charge on any atom is -0.414 e. The second-order valence-electron chi connectivity index (χ2n) is 9.75. The highest BCUT2D eigenvalue weighted by Crippen LogP contribution is 2.32. The van der Waals surface area contributed by atoms with Crippen LogP contribution in [0.1, 0.15) is 53.6 Å². The van der Waals surface area contributed by atoms with Crippen molar-refractivity contribution in [2.45, 2.75) is 46.4 Å². The Bertz CT molecular complexity index is 1520. The fourth-order valence-electron chi connectivity index (χ4n) is 4.57. The topological polar surface area (TPSA) is 108 Å². The summed E-state index contributed by atoms with van der Waals surface area (Å²) in [7, 11) is 0. The van der Waals surface area contributed by atoms with Crippen molar-refractivity contribution in [1.29, 1.82) is 0 Å². The molecular formula is C28H31ClF2N6O3. The molecule has 9 nitrogen and oxygen atoms in total. The van der Waals surface area contributed by atoms with Crippen molar-refractivity contribution < 1.29 is 18.3 Å². The minimum atomic E-state index is -3.20. The fraction of sp³-hybridized carbons (Fsp3) is 0.357. The summed E-state index contributed by atoms with van der Waals surface area (Å²) in [5.74, 6) is -0.850. The molecule has 40 heavy (non-hydrogen) atoms. The summed E-state index contributed by atoms with van der Waals surface area (Å²) in [5.41, 5.74) is 7.29.